The van der Waals surface area contributed by atoms with Gasteiger partial charge in [-0.05, 0) is 50.8 Å². The van der Waals surface area contributed by atoms with Crippen LogP contribution in [0.15, 0.2) is 18.3 Å². The van der Waals surface area contributed by atoms with Gasteiger partial charge in [-0.25, -0.2) is 0 Å². The van der Waals surface area contributed by atoms with Gasteiger partial charge in [0.1, 0.15) is 5.75 Å². The lowest BCUT2D eigenvalue weighted by molar-refractivity contribution is -0.184. The van der Waals surface area contributed by atoms with E-state index in [0.717, 1.165) is 5.69 Å². The minimum Gasteiger partial charge on any atom is -0.495 e. The van der Waals surface area contributed by atoms with Gasteiger partial charge in [0, 0.05) is 6.20 Å². The Bertz CT molecular complexity index is 456. The fraction of sp³-hybridized carbons (Fsp3) is 0.667. The second-order valence-electron chi connectivity index (χ2n) is 5.51. The van der Waals surface area contributed by atoms with Gasteiger partial charge in [0.05, 0.1) is 24.8 Å². The Morgan fingerprint density at radius 1 is 1.29 bits per heavy atom. The molecule has 1 saturated carbocycles. The molecule has 0 radical (unpaired) electrons. The predicted octanol–water partition coefficient (Wildman–Crippen LogP) is 3.72. The van der Waals surface area contributed by atoms with E-state index in [1.165, 1.54) is 0 Å². The molecule has 1 heterocycles. The minimum atomic E-state index is -4.07. The summed E-state index contributed by atoms with van der Waals surface area (Å²) >= 11 is 0. The lowest BCUT2D eigenvalue weighted by Gasteiger charge is -2.34. The third kappa shape index (κ3) is 3.67. The van der Waals surface area contributed by atoms with E-state index in [-0.39, 0.29) is 24.8 Å². The van der Waals surface area contributed by atoms with Crippen molar-refractivity contribution in [3.8, 4) is 5.75 Å². The summed E-state index contributed by atoms with van der Waals surface area (Å²) in [7, 11) is 3.39. The molecule has 1 fully saturated rings. The summed E-state index contributed by atoms with van der Waals surface area (Å²) in [5, 5.41) is 3.19. The van der Waals surface area contributed by atoms with Crippen LogP contribution in [0.1, 0.15) is 37.4 Å². The number of alkyl halides is 3. The smallest absolute Gasteiger partial charge is 0.391 e. The molecule has 0 bridgehead atoms. The number of hydrogen-bond acceptors (Lipinski definition) is 3. The Kier molecular flexibility index (Phi) is 5.08. The first-order valence-corrected chi connectivity index (χ1v) is 7.20. The van der Waals surface area contributed by atoms with Gasteiger partial charge in [-0.15, -0.1) is 0 Å². The predicted molar refractivity (Wildman–Crippen MR) is 74.1 cm³/mol. The quantitative estimate of drug-likeness (QED) is 0.920. The normalized spacial score (nSPS) is 24.6. The second-order valence-corrected chi connectivity index (χ2v) is 5.51. The van der Waals surface area contributed by atoms with Gasteiger partial charge < -0.3 is 10.1 Å². The topological polar surface area (TPSA) is 34.2 Å². The summed E-state index contributed by atoms with van der Waals surface area (Å²) in [6.45, 7) is 0. The van der Waals surface area contributed by atoms with Gasteiger partial charge in [-0.2, -0.15) is 13.2 Å². The van der Waals surface area contributed by atoms with Crippen LogP contribution in [0.5, 0.6) is 5.75 Å². The zero-order valence-corrected chi connectivity index (χ0v) is 12.3. The van der Waals surface area contributed by atoms with E-state index < -0.39 is 12.1 Å². The van der Waals surface area contributed by atoms with E-state index in [4.69, 9.17) is 4.74 Å². The highest BCUT2D eigenvalue weighted by Crippen LogP contribution is 2.43. The third-order valence-corrected chi connectivity index (χ3v) is 4.33. The lowest BCUT2D eigenvalue weighted by atomic mass is 9.77. The van der Waals surface area contributed by atoms with Crippen LogP contribution in [0.4, 0.5) is 13.2 Å². The first kappa shape index (κ1) is 16.1. The van der Waals surface area contributed by atoms with Crippen molar-refractivity contribution in [1.29, 1.82) is 0 Å². The highest BCUT2D eigenvalue weighted by atomic mass is 19.4. The van der Waals surface area contributed by atoms with Crippen LogP contribution < -0.4 is 10.1 Å². The highest BCUT2D eigenvalue weighted by molar-refractivity contribution is 5.30. The van der Waals surface area contributed by atoms with E-state index in [1.54, 1.807) is 19.4 Å². The number of rotatable bonds is 4. The van der Waals surface area contributed by atoms with Gasteiger partial charge in [-0.1, -0.05) is 0 Å². The third-order valence-electron chi connectivity index (χ3n) is 4.33. The van der Waals surface area contributed by atoms with Gasteiger partial charge in [0.25, 0.3) is 0 Å². The summed E-state index contributed by atoms with van der Waals surface area (Å²) < 4.78 is 43.5. The van der Waals surface area contributed by atoms with Gasteiger partial charge >= 0.3 is 6.18 Å². The van der Waals surface area contributed by atoms with Crippen molar-refractivity contribution in [1.82, 2.24) is 10.3 Å². The molecule has 0 saturated heterocycles. The minimum absolute atomic E-state index is 0.0738. The molecule has 1 atom stereocenters. The molecule has 1 aromatic heterocycles. The van der Waals surface area contributed by atoms with Crippen LogP contribution >= 0.6 is 0 Å². The van der Waals surface area contributed by atoms with E-state index in [9.17, 15) is 13.2 Å². The largest absolute Gasteiger partial charge is 0.495 e. The molecular weight excluding hydrogens is 281 g/mol. The van der Waals surface area contributed by atoms with E-state index >= 15 is 0 Å². The van der Waals surface area contributed by atoms with Crippen molar-refractivity contribution in [2.24, 2.45) is 11.8 Å². The monoisotopic (exact) mass is 302 g/mol. The summed E-state index contributed by atoms with van der Waals surface area (Å²) in [6, 6.07) is 3.54. The van der Waals surface area contributed by atoms with Crippen LogP contribution in [0.25, 0.3) is 0 Å². The zero-order valence-electron chi connectivity index (χ0n) is 12.3. The number of aromatic nitrogens is 1. The fourth-order valence-electron chi connectivity index (χ4n) is 3.18. The lowest BCUT2D eigenvalue weighted by Crippen LogP contribution is -2.33. The number of ether oxygens (including phenoxy) is 1. The number of halogens is 3. The van der Waals surface area contributed by atoms with Gasteiger partial charge in [0.15, 0.2) is 0 Å². The van der Waals surface area contributed by atoms with Crippen LogP contribution in [0.2, 0.25) is 0 Å². The van der Waals surface area contributed by atoms with Crippen LogP contribution in [-0.2, 0) is 0 Å². The van der Waals surface area contributed by atoms with Crippen LogP contribution in [0, 0.1) is 11.8 Å². The number of methoxy groups -OCH3 is 1. The van der Waals surface area contributed by atoms with Crippen LogP contribution in [0.3, 0.4) is 0 Å². The molecule has 0 aromatic carbocycles. The molecule has 21 heavy (non-hydrogen) atoms. The molecular formula is C15H21F3N2O. The Morgan fingerprint density at radius 2 is 1.95 bits per heavy atom. The molecule has 118 valence electrons. The van der Waals surface area contributed by atoms with E-state index in [1.807, 2.05) is 13.1 Å². The first-order chi connectivity index (χ1) is 9.97. The number of pyridine rings is 1. The molecule has 1 aromatic rings. The number of nitrogens with zero attached hydrogens (tertiary/aromatic N) is 1. The SMILES string of the molecule is CNC(c1ncccc1OC)C1CCC(C(F)(F)F)CC1. The molecule has 1 N–H and O–H groups in total. The molecule has 1 aliphatic rings. The maximum Gasteiger partial charge on any atom is 0.391 e. The summed E-state index contributed by atoms with van der Waals surface area (Å²) in [6.07, 6.45) is -0.889. The highest BCUT2D eigenvalue weighted by Gasteiger charge is 2.42. The van der Waals surface area contributed by atoms with Gasteiger partial charge in [0.2, 0.25) is 0 Å². The Morgan fingerprint density at radius 3 is 2.48 bits per heavy atom. The Labute approximate surface area is 122 Å². The van der Waals surface area contributed by atoms with Crippen molar-refractivity contribution in [2.75, 3.05) is 14.2 Å². The van der Waals surface area contributed by atoms with Gasteiger partial charge in [-0.3, -0.25) is 4.98 Å². The van der Waals surface area contributed by atoms with Crippen LogP contribution in [-0.4, -0.2) is 25.3 Å². The number of hydrogen-bond donors (Lipinski definition) is 1. The fourth-order valence-corrected chi connectivity index (χ4v) is 3.18. The Hall–Kier alpha value is -1.30. The summed E-state index contributed by atoms with van der Waals surface area (Å²) in [5.41, 5.74) is 0.776. The standard InChI is InChI=1S/C15H21F3N2O/c1-19-13(14-12(21-2)4-3-9-20-14)10-5-7-11(8-6-10)15(16,17)18/h3-4,9-11,13,19H,5-8H2,1-2H3. The molecule has 6 heteroatoms. The van der Waals surface area contributed by atoms with Crippen molar-refractivity contribution in [3.05, 3.63) is 24.0 Å². The van der Waals surface area contributed by atoms with Crippen molar-refractivity contribution >= 4 is 0 Å². The molecule has 0 amide bonds. The second kappa shape index (κ2) is 6.64. The first-order valence-electron chi connectivity index (χ1n) is 7.20. The van der Waals surface area contributed by atoms with Crippen molar-refractivity contribution in [3.63, 3.8) is 0 Å². The average molecular weight is 302 g/mol. The van der Waals surface area contributed by atoms with E-state index in [0.29, 0.717) is 18.6 Å². The molecule has 1 aliphatic carbocycles. The summed E-state index contributed by atoms with van der Waals surface area (Å²) in [4.78, 5) is 4.35. The average Bonchev–Trinajstić information content (AvgIpc) is 2.48. The molecule has 1 unspecified atom stereocenters. The maximum absolute atomic E-state index is 12.7. The van der Waals surface area contributed by atoms with Crippen molar-refractivity contribution < 1.29 is 17.9 Å². The Balaban J connectivity index is 2.10. The molecule has 0 aliphatic heterocycles. The van der Waals surface area contributed by atoms with Crippen molar-refractivity contribution in [2.45, 2.75) is 37.9 Å². The molecule has 3 nitrogen and oxygen atoms in total. The van der Waals surface area contributed by atoms with E-state index in [2.05, 4.69) is 10.3 Å². The summed E-state index contributed by atoms with van der Waals surface area (Å²) in [5.74, 6) is -0.330. The maximum atomic E-state index is 12.7. The molecule has 2 rings (SSSR count). The zero-order chi connectivity index (χ0) is 15.5. The number of nitrogens with one attached hydrogen (secondary N) is 1. The molecule has 0 spiro atoms.